The fourth-order valence-electron chi connectivity index (χ4n) is 2.35. The molecule has 3 rings (SSSR count). The molecule has 106 valence electrons. The number of carbonyl (C=O) groups is 1. The van der Waals surface area contributed by atoms with Gasteiger partial charge in [0.2, 0.25) is 0 Å². The minimum absolute atomic E-state index is 0.501. The van der Waals surface area contributed by atoms with Crippen LogP contribution in [-0.2, 0) is 17.8 Å². The number of carboxylic acids is 1. The number of azo groups is 1. The Balaban J connectivity index is 1.78. The van der Waals surface area contributed by atoms with Gasteiger partial charge in [0.1, 0.15) is 6.04 Å². The van der Waals surface area contributed by atoms with Crippen molar-refractivity contribution in [2.75, 3.05) is 0 Å². The summed E-state index contributed by atoms with van der Waals surface area (Å²) in [7, 11) is 0. The van der Waals surface area contributed by atoms with Gasteiger partial charge in [-0.25, -0.2) is 0 Å². The van der Waals surface area contributed by atoms with E-state index in [0.717, 1.165) is 22.5 Å². The predicted molar refractivity (Wildman–Crippen MR) is 79.0 cm³/mol. The Hall–Kier alpha value is -2.53. The van der Waals surface area contributed by atoms with Crippen LogP contribution in [0.2, 0.25) is 0 Å². The second kappa shape index (κ2) is 5.85. The zero-order valence-electron chi connectivity index (χ0n) is 11.4. The van der Waals surface area contributed by atoms with Crippen molar-refractivity contribution in [1.29, 1.82) is 0 Å². The van der Waals surface area contributed by atoms with Crippen molar-refractivity contribution in [2.24, 2.45) is 10.2 Å². The predicted octanol–water partition coefficient (Wildman–Crippen LogP) is 3.20. The summed E-state index contributed by atoms with van der Waals surface area (Å²) in [5, 5.41) is 20.4. The summed E-state index contributed by atoms with van der Waals surface area (Å²) in [6, 6.07) is 14.8. The zero-order chi connectivity index (χ0) is 14.7. The van der Waals surface area contributed by atoms with E-state index in [1.807, 2.05) is 48.5 Å². The third-order valence-corrected chi connectivity index (χ3v) is 3.49. The SMILES string of the molecule is O=C(O)[C@@H]1Cc2ccc(N=Nc3ccccc3)cc2CN1. The van der Waals surface area contributed by atoms with Gasteiger partial charge in [0.05, 0.1) is 11.4 Å². The van der Waals surface area contributed by atoms with Crippen LogP contribution in [0.1, 0.15) is 11.1 Å². The molecule has 5 nitrogen and oxygen atoms in total. The van der Waals surface area contributed by atoms with E-state index in [4.69, 9.17) is 5.11 Å². The molecule has 0 saturated carbocycles. The Labute approximate surface area is 122 Å². The Kier molecular flexibility index (Phi) is 3.75. The van der Waals surface area contributed by atoms with E-state index in [1.165, 1.54) is 0 Å². The van der Waals surface area contributed by atoms with Crippen molar-refractivity contribution in [2.45, 2.75) is 19.0 Å². The van der Waals surface area contributed by atoms with Gasteiger partial charge in [0.25, 0.3) is 0 Å². The van der Waals surface area contributed by atoms with Gasteiger partial charge < -0.3 is 10.4 Å². The first-order valence-corrected chi connectivity index (χ1v) is 6.77. The maximum absolute atomic E-state index is 11.0. The first-order chi connectivity index (χ1) is 10.2. The molecule has 0 aliphatic carbocycles. The second-order valence-corrected chi connectivity index (χ2v) is 4.96. The number of aliphatic carboxylic acids is 1. The van der Waals surface area contributed by atoms with E-state index in [-0.39, 0.29) is 0 Å². The van der Waals surface area contributed by atoms with Gasteiger partial charge in [0, 0.05) is 6.54 Å². The quantitative estimate of drug-likeness (QED) is 0.848. The topological polar surface area (TPSA) is 74.0 Å². The average Bonchev–Trinajstić information content (AvgIpc) is 2.53. The highest BCUT2D eigenvalue weighted by molar-refractivity contribution is 5.74. The van der Waals surface area contributed by atoms with Crippen LogP contribution in [0, 0.1) is 0 Å². The molecule has 0 fully saturated rings. The van der Waals surface area contributed by atoms with Crippen LogP contribution >= 0.6 is 0 Å². The number of fused-ring (bicyclic) bond motifs is 1. The Bertz CT molecular complexity index is 683. The summed E-state index contributed by atoms with van der Waals surface area (Å²) in [5.41, 5.74) is 3.71. The molecule has 2 N–H and O–H groups in total. The monoisotopic (exact) mass is 281 g/mol. The van der Waals surface area contributed by atoms with Crippen LogP contribution in [0.3, 0.4) is 0 Å². The highest BCUT2D eigenvalue weighted by atomic mass is 16.4. The van der Waals surface area contributed by atoms with Gasteiger partial charge in [-0.15, -0.1) is 0 Å². The normalized spacial score (nSPS) is 17.6. The van der Waals surface area contributed by atoms with E-state index in [1.54, 1.807) is 0 Å². The lowest BCUT2D eigenvalue weighted by molar-refractivity contribution is -0.139. The fourth-order valence-corrected chi connectivity index (χ4v) is 2.35. The van der Waals surface area contributed by atoms with Crippen molar-refractivity contribution >= 4 is 17.3 Å². The number of rotatable bonds is 3. The van der Waals surface area contributed by atoms with Crippen LogP contribution in [-0.4, -0.2) is 17.1 Å². The molecule has 1 heterocycles. The molecule has 0 unspecified atom stereocenters. The molecule has 1 atom stereocenters. The fraction of sp³-hybridized carbons (Fsp3) is 0.188. The Morgan fingerprint density at radius 1 is 1.05 bits per heavy atom. The van der Waals surface area contributed by atoms with Gasteiger partial charge in [0.15, 0.2) is 0 Å². The van der Waals surface area contributed by atoms with Crippen molar-refractivity contribution in [3.05, 3.63) is 59.7 Å². The minimum Gasteiger partial charge on any atom is -0.480 e. The number of nitrogens with zero attached hydrogens (tertiary/aromatic N) is 2. The maximum atomic E-state index is 11.0. The van der Waals surface area contributed by atoms with Crippen molar-refractivity contribution in [1.82, 2.24) is 5.32 Å². The van der Waals surface area contributed by atoms with Crippen LogP contribution in [0.15, 0.2) is 58.8 Å². The van der Waals surface area contributed by atoms with Crippen molar-refractivity contribution in [3.8, 4) is 0 Å². The van der Waals surface area contributed by atoms with E-state index in [0.29, 0.717) is 13.0 Å². The molecule has 0 saturated heterocycles. The van der Waals surface area contributed by atoms with E-state index < -0.39 is 12.0 Å². The smallest absolute Gasteiger partial charge is 0.321 e. The molecular formula is C16H15N3O2. The number of hydrogen-bond acceptors (Lipinski definition) is 4. The summed E-state index contributed by atoms with van der Waals surface area (Å²) in [6.07, 6.45) is 0.501. The molecule has 0 spiro atoms. The molecule has 0 amide bonds. The third kappa shape index (κ3) is 3.14. The molecule has 21 heavy (non-hydrogen) atoms. The molecule has 0 bridgehead atoms. The molecule has 0 aromatic heterocycles. The lowest BCUT2D eigenvalue weighted by Gasteiger charge is -2.23. The molecular weight excluding hydrogens is 266 g/mol. The summed E-state index contributed by atoms with van der Waals surface area (Å²) in [5.74, 6) is -0.812. The highest BCUT2D eigenvalue weighted by Crippen LogP contribution is 2.24. The standard InChI is InChI=1S/C16H15N3O2/c20-16(21)15-9-11-6-7-14(8-12(11)10-17-15)19-18-13-4-2-1-3-5-13/h1-8,15,17H,9-10H2,(H,20,21)/t15-/m0/s1. The molecule has 0 radical (unpaired) electrons. The van der Waals surface area contributed by atoms with Gasteiger partial charge in [-0.2, -0.15) is 10.2 Å². The number of carboxylic acid groups (broad SMARTS) is 1. The number of nitrogens with one attached hydrogen (secondary N) is 1. The maximum Gasteiger partial charge on any atom is 0.321 e. The first-order valence-electron chi connectivity index (χ1n) is 6.77. The molecule has 1 aliphatic heterocycles. The summed E-state index contributed by atoms with van der Waals surface area (Å²) < 4.78 is 0. The number of benzene rings is 2. The van der Waals surface area contributed by atoms with E-state index in [2.05, 4.69) is 15.5 Å². The lowest BCUT2D eigenvalue weighted by Crippen LogP contribution is -2.41. The van der Waals surface area contributed by atoms with Crippen LogP contribution < -0.4 is 5.32 Å². The van der Waals surface area contributed by atoms with Crippen molar-refractivity contribution < 1.29 is 9.90 Å². The Morgan fingerprint density at radius 2 is 1.81 bits per heavy atom. The minimum atomic E-state index is -0.812. The van der Waals surface area contributed by atoms with Gasteiger partial charge in [-0.3, -0.25) is 4.79 Å². The lowest BCUT2D eigenvalue weighted by atomic mass is 9.95. The summed E-state index contributed by atoms with van der Waals surface area (Å²) >= 11 is 0. The summed E-state index contributed by atoms with van der Waals surface area (Å²) in [4.78, 5) is 11.0. The van der Waals surface area contributed by atoms with Gasteiger partial charge >= 0.3 is 5.97 Å². The van der Waals surface area contributed by atoms with Crippen LogP contribution in [0.5, 0.6) is 0 Å². The van der Waals surface area contributed by atoms with Gasteiger partial charge in [-0.1, -0.05) is 24.3 Å². The van der Waals surface area contributed by atoms with Crippen molar-refractivity contribution in [3.63, 3.8) is 0 Å². The number of hydrogen-bond donors (Lipinski definition) is 2. The molecule has 5 heteroatoms. The van der Waals surface area contributed by atoms with E-state index >= 15 is 0 Å². The van der Waals surface area contributed by atoms with E-state index in [9.17, 15) is 4.79 Å². The first kappa shape index (κ1) is 13.5. The highest BCUT2D eigenvalue weighted by Gasteiger charge is 2.23. The average molecular weight is 281 g/mol. The van der Waals surface area contributed by atoms with Gasteiger partial charge in [-0.05, 0) is 41.8 Å². The third-order valence-electron chi connectivity index (χ3n) is 3.49. The molecule has 1 aliphatic rings. The molecule has 2 aromatic carbocycles. The largest absolute Gasteiger partial charge is 0.480 e. The Morgan fingerprint density at radius 3 is 2.57 bits per heavy atom. The van der Waals surface area contributed by atoms with Crippen LogP contribution in [0.25, 0.3) is 0 Å². The zero-order valence-corrected chi connectivity index (χ0v) is 11.4. The second-order valence-electron chi connectivity index (χ2n) is 4.96. The molecule has 2 aromatic rings. The van der Waals surface area contributed by atoms with Crippen LogP contribution in [0.4, 0.5) is 11.4 Å². The summed E-state index contributed by atoms with van der Waals surface area (Å²) in [6.45, 7) is 0.543.